The number of carbonyl (C=O) groups is 1. The van der Waals surface area contributed by atoms with Crippen LogP contribution in [-0.2, 0) is 0 Å². The topological polar surface area (TPSA) is 88.9 Å². The maximum Gasteiger partial charge on any atom is 0.281 e. The third-order valence-electron chi connectivity index (χ3n) is 1.89. The Bertz CT molecular complexity index is 518. The van der Waals surface area contributed by atoms with E-state index in [9.17, 15) is 14.9 Å². The van der Waals surface area contributed by atoms with E-state index >= 15 is 0 Å². The van der Waals surface area contributed by atoms with Crippen molar-refractivity contribution in [3.05, 3.63) is 34.0 Å². The van der Waals surface area contributed by atoms with Crippen molar-refractivity contribution in [1.82, 2.24) is 10.2 Å². The molecule has 0 fully saturated rings. The normalized spacial score (nSPS) is 10.3. The van der Waals surface area contributed by atoms with Crippen molar-refractivity contribution in [3.8, 4) is 0 Å². The van der Waals surface area contributed by atoms with Crippen LogP contribution in [0.3, 0.4) is 0 Å². The number of aromatic amines is 1. The summed E-state index contributed by atoms with van der Waals surface area (Å²) in [4.78, 5) is 20.6. The van der Waals surface area contributed by atoms with Crippen molar-refractivity contribution < 1.29 is 9.72 Å². The lowest BCUT2D eigenvalue weighted by Crippen LogP contribution is -1.91. The molecular weight excluding hydrogens is 186 g/mol. The summed E-state index contributed by atoms with van der Waals surface area (Å²) in [5.41, 5.74) is 0.633. The molecule has 0 unspecified atom stereocenters. The van der Waals surface area contributed by atoms with E-state index in [2.05, 4.69) is 10.2 Å². The fourth-order valence-corrected chi connectivity index (χ4v) is 1.27. The molecule has 1 aromatic heterocycles. The minimum absolute atomic E-state index is 0.113. The van der Waals surface area contributed by atoms with Crippen molar-refractivity contribution in [2.24, 2.45) is 0 Å². The van der Waals surface area contributed by atoms with Gasteiger partial charge in [-0.25, -0.2) is 0 Å². The molecule has 14 heavy (non-hydrogen) atoms. The molecule has 1 aromatic carbocycles. The average Bonchev–Trinajstić information content (AvgIpc) is 2.63. The number of hydrogen-bond acceptors (Lipinski definition) is 4. The minimum Gasteiger partial charge on any atom is -0.298 e. The van der Waals surface area contributed by atoms with E-state index in [1.165, 1.54) is 18.3 Å². The molecule has 6 nitrogen and oxygen atoms in total. The number of non-ortho nitro benzene ring substituents is 1. The van der Waals surface area contributed by atoms with Gasteiger partial charge in [0, 0.05) is 11.6 Å². The molecule has 0 aliphatic heterocycles. The van der Waals surface area contributed by atoms with Gasteiger partial charge >= 0.3 is 0 Å². The smallest absolute Gasteiger partial charge is 0.281 e. The lowest BCUT2D eigenvalue weighted by Gasteiger charge is -1.94. The van der Waals surface area contributed by atoms with Crippen LogP contribution in [0.15, 0.2) is 18.3 Å². The second-order valence-electron chi connectivity index (χ2n) is 2.75. The van der Waals surface area contributed by atoms with Crippen LogP contribution in [0.4, 0.5) is 5.69 Å². The highest BCUT2D eigenvalue weighted by Gasteiger charge is 2.14. The first-order valence-electron chi connectivity index (χ1n) is 3.79. The molecule has 6 heteroatoms. The summed E-state index contributed by atoms with van der Waals surface area (Å²) in [6.07, 6.45) is 1.93. The second-order valence-corrected chi connectivity index (χ2v) is 2.75. The van der Waals surface area contributed by atoms with E-state index in [0.717, 1.165) is 0 Å². The van der Waals surface area contributed by atoms with Gasteiger partial charge < -0.3 is 0 Å². The Labute approximate surface area is 77.7 Å². The van der Waals surface area contributed by atoms with Crippen molar-refractivity contribution in [2.45, 2.75) is 0 Å². The number of nitrogens with one attached hydrogen (secondary N) is 1. The lowest BCUT2D eigenvalue weighted by atomic mass is 10.1. The monoisotopic (exact) mass is 191 g/mol. The number of nitro groups is 1. The molecule has 0 bridgehead atoms. The first-order chi connectivity index (χ1) is 6.72. The van der Waals surface area contributed by atoms with Gasteiger partial charge in [-0.3, -0.25) is 20.0 Å². The summed E-state index contributed by atoms with van der Waals surface area (Å²) in [5, 5.41) is 17.3. The summed E-state index contributed by atoms with van der Waals surface area (Å²) in [7, 11) is 0. The van der Waals surface area contributed by atoms with Gasteiger partial charge in [0.2, 0.25) is 0 Å². The van der Waals surface area contributed by atoms with Crippen molar-refractivity contribution in [3.63, 3.8) is 0 Å². The number of aldehydes is 1. The Hall–Kier alpha value is -2.24. The second kappa shape index (κ2) is 2.91. The zero-order valence-corrected chi connectivity index (χ0v) is 6.93. The van der Waals surface area contributed by atoms with E-state index in [0.29, 0.717) is 17.2 Å². The van der Waals surface area contributed by atoms with E-state index in [1.54, 1.807) is 0 Å². The third kappa shape index (κ3) is 1.13. The first kappa shape index (κ1) is 8.36. The van der Waals surface area contributed by atoms with Gasteiger partial charge in [-0.1, -0.05) is 0 Å². The van der Waals surface area contributed by atoms with E-state index in [4.69, 9.17) is 0 Å². The Kier molecular flexibility index (Phi) is 1.74. The van der Waals surface area contributed by atoms with E-state index < -0.39 is 4.92 Å². The molecule has 0 radical (unpaired) electrons. The molecule has 0 atom stereocenters. The molecular formula is C8H5N3O3. The van der Waals surface area contributed by atoms with Crippen molar-refractivity contribution in [1.29, 1.82) is 0 Å². The molecule has 0 aliphatic carbocycles. The standard InChI is InChI=1S/C8H5N3O3/c12-4-5-1-7-6(3-9-10-7)8(2-5)11(13)14/h1-4H,(H,9,10). The number of carbonyl (C=O) groups excluding carboxylic acids is 1. The molecule has 0 saturated carbocycles. The number of H-pyrrole nitrogens is 1. The molecule has 2 aromatic rings. The van der Waals surface area contributed by atoms with Gasteiger partial charge in [0.05, 0.1) is 22.0 Å². The van der Waals surface area contributed by atoms with Gasteiger partial charge in [0.1, 0.15) is 6.29 Å². The molecule has 0 aliphatic rings. The fourth-order valence-electron chi connectivity index (χ4n) is 1.27. The van der Waals surface area contributed by atoms with Crippen LogP contribution in [0, 0.1) is 10.1 Å². The van der Waals surface area contributed by atoms with Crippen molar-refractivity contribution in [2.75, 3.05) is 0 Å². The number of fused-ring (bicyclic) bond motifs is 1. The summed E-state index contributed by atoms with van der Waals surface area (Å²) in [5.74, 6) is 0. The molecule has 0 saturated heterocycles. The highest BCUT2D eigenvalue weighted by atomic mass is 16.6. The first-order valence-corrected chi connectivity index (χ1v) is 3.79. The predicted molar refractivity (Wildman–Crippen MR) is 48.1 cm³/mol. The van der Waals surface area contributed by atoms with Crippen LogP contribution in [0.1, 0.15) is 10.4 Å². The molecule has 2 rings (SSSR count). The molecule has 1 N–H and O–H groups in total. The van der Waals surface area contributed by atoms with Crippen LogP contribution in [-0.4, -0.2) is 21.4 Å². The number of benzene rings is 1. The predicted octanol–water partition coefficient (Wildman–Crippen LogP) is 1.28. The van der Waals surface area contributed by atoms with Gasteiger partial charge in [0.15, 0.2) is 0 Å². The summed E-state index contributed by atoms with van der Waals surface area (Å²) < 4.78 is 0. The van der Waals surface area contributed by atoms with Crippen LogP contribution in [0.2, 0.25) is 0 Å². The molecule has 70 valence electrons. The van der Waals surface area contributed by atoms with Crippen molar-refractivity contribution >= 4 is 22.9 Å². The maximum absolute atomic E-state index is 10.6. The fraction of sp³-hybridized carbons (Fsp3) is 0. The van der Waals surface area contributed by atoms with E-state index in [-0.39, 0.29) is 11.3 Å². The van der Waals surface area contributed by atoms with Crippen LogP contribution in [0.5, 0.6) is 0 Å². The molecule has 0 spiro atoms. The van der Waals surface area contributed by atoms with Gasteiger partial charge in [0.25, 0.3) is 5.69 Å². The number of aromatic nitrogens is 2. The Balaban J connectivity index is 2.83. The lowest BCUT2D eigenvalue weighted by molar-refractivity contribution is -0.383. The van der Waals surface area contributed by atoms with Gasteiger partial charge in [-0.2, -0.15) is 5.10 Å². The van der Waals surface area contributed by atoms with Gasteiger partial charge in [-0.15, -0.1) is 0 Å². The summed E-state index contributed by atoms with van der Waals surface area (Å²) in [6, 6.07) is 2.74. The number of hydrogen-bond donors (Lipinski definition) is 1. The maximum atomic E-state index is 10.6. The number of rotatable bonds is 2. The highest BCUT2D eigenvalue weighted by Crippen LogP contribution is 2.24. The van der Waals surface area contributed by atoms with Gasteiger partial charge in [-0.05, 0) is 6.07 Å². The largest absolute Gasteiger partial charge is 0.298 e. The Morgan fingerprint density at radius 2 is 2.29 bits per heavy atom. The highest BCUT2D eigenvalue weighted by molar-refractivity contribution is 5.93. The quantitative estimate of drug-likeness (QED) is 0.440. The number of nitro benzene ring substituents is 1. The van der Waals surface area contributed by atoms with E-state index in [1.807, 2.05) is 0 Å². The minimum atomic E-state index is -0.537. The van der Waals surface area contributed by atoms with Crippen LogP contribution in [0.25, 0.3) is 10.9 Å². The number of nitrogens with zero attached hydrogens (tertiary/aromatic N) is 2. The molecule has 0 amide bonds. The Morgan fingerprint density at radius 3 is 2.93 bits per heavy atom. The summed E-state index contributed by atoms with van der Waals surface area (Å²) in [6.45, 7) is 0. The molecule has 1 heterocycles. The summed E-state index contributed by atoms with van der Waals surface area (Å²) >= 11 is 0. The third-order valence-corrected chi connectivity index (χ3v) is 1.89. The van der Waals surface area contributed by atoms with Crippen LogP contribution >= 0.6 is 0 Å². The van der Waals surface area contributed by atoms with Crippen LogP contribution < -0.4 is 0 Å². The Morgan fingerprint density at radius 1 is 1.50 bits per heavy atom. The zero-order chi connectivity index (χ0) is 10.1. The zero-order valence-electron chi connectivity index (χ0n) is 6.93. The SMILES string of the molecule is O=Cc1cc([N+](=O)[O-])c2cn[nH]c2c1. The average molecular weight is 191 g/mol.